The second kappa shape index (κ2) is 8.13. The van der Waals surface area contributed by atoms with E-state index in [2.05, 4.69) is 15.6 Å². The van der Waals surface area contributed by atoms with Crippen LogP contribution in [0.5, 0.6) is 0 Å². The van der Waals surface area contributed by atoms with Crippen molar-refractivity contribution in [1.82, 2.24) is 15.2 Å². The molecule has 1 saturated heterocycles. The van der Waals surface area contributed by atoms with Crippen LogP contribution in [0, 0.1) is 5.41 Å². The third kappa shape index (κ3) is 5.51. The predicted molar refractivity (Wildman–Crippen MR) is 94.5 cm³/mol. The van der Waals surface area contributed by atoms with Gasteiger partial charge in [0, 0.05) is 49.9 Å². The predicted octanol–water partition coefficient (Wildman–Crippen LogP) is 2.04. The van der Waals surface area contributed by atoms with Gasteiger partial charge in [-0.15, -0.1) is 0 Å². The van der Waals surface area contributed by atoms with Gasteiger partial charge in [-0.1, -0.05) is 20.8 Å². The Morgan fingerprint density at radius 1 is 1.29 bits per heavy atom. The molecule has 0 radical (unpaired) electrons. The van der Waals surface area contributed by atoms with Crippen molar-refractivity contribution in [3.05, 3.63) is 24.5 Å². The fraction of sp³-hybridized carbons (Fsp3) is 0.611. The molecule has 24 heavy (non-hydrogen) atoms. The summed E-state index contributed by atoms with van der Waals surface area (Å²) in [5.74, 6) is 0.0960. The first-order valence-corrected chi connectivity index (χ1v) is 8.59. The summed E-state index contributed by atoms with van der Waals surface area (Å²) in [4.78, 5) is 30.0. The summed E-state index contributed by atoms with van der Waals surface area (Å²) in [6, 6.07) is 4.29. The van der Waals surface area contributed by atoms with Crippen molar-refractivity contribution in [1.29, 1.82) is 0 Å². The number of pyridine rings is 1. The van der Waals surface area contributed by atoms with Gasteiger partial charge in [0.2, 0.25) is 11.8 Å². The van der Waals surface area contributed by atoms with Crippen LogP contribution in [0.2, 0.25) is 0 Å². The third-order valence-electron chi connectivity index (χ3n) is 4.19. The van der Waals surface area contributed by atoms with E-state index in [0.717, 1.165) is 31.6 Å². The average Bonchev–Trinajstić information content (AvgIpc) is 2.55. The first kappa shape index (κ1) is 18.2. The molecule has 0 unspecified atom stereocenters. The lowest BCUT2D eigenvalue weighted by molar-refractivity contribution is -0.132. The SMILES string of the molecule is CC(C)(C)C(=O)NCCC(=O)N1CCC(Nc2cccnc2)CC1. The Balaban J connectivity index is 1.68. The number of carbonyl (C=O) groups is 2. The molecule has 1 aromatic rings. The number of carbonyl (C=O) groups excluding carboxylic acids is 2. The maximum atomic E-state index is 12.2. The van der Waals surface area contributed by atoms with Crippen molar-refractivity contribution in [3.63, 3.8) is 0 Å². The molecule has 1 aliphatic rings. The highest BCUT2D eigenvalue weighted by atomic mass is 16.2. The Morgan fingerprint density at radius 3 is 2.58 bits per heavy atom. The molecular formula is C18H28N4O2. The molecule has 0 aliphatic carbocycles. The maximum Gasteiger partial charge on any atom is 0.225 e. The summed E-state index contributed by atoms with van der Waals surface area (Å²) in [6.45, 7) is 7.51. The molecule has 2 amide bonds. The van der Waals surface area contributed by atoms with Gasteiger partial charge >= 0.3 is 0 Å². The van der Waals surface area contributed by atoms with Gasteiger partial charge in [0.05, 0.1) is 5.69 Å². The zero-order valence-electron chi connectivity index (χ0n) is 14.8. The number of anilines is 1. The van der Waals surface area contributed by atoms with E-state index < -0.39 is 5.41 Å². The molecule has 2 heterocycles. The smallest absolute Gasteiger partial charge is 0.225 e. The van der Waals surface area contributed by atoms with Crippen molar-refractivity contribution >= 4 is 17.5 Å². The summed E-state index contributed by atoms with van der Waals surface area (Å²) >= 11 is 0. The largest absolute Gasteiger partial charge is 0.381 e. The van der Waals surface area contributed by atoms with Gasteiger partial charge in [-0.25, -0.2) is 0 Å². The van der Waals surface area contributed by atoms with Gasteiger partial charge in [0.1, 0.15) is 0 Å². The van der Waals surface area contributed by atoms with E-state index in [-0.39, 0.29) is 11.8 Å². The molecule has 1 aromatic heterocycles. The van der Waals surface area contributed by atoms with Gasteiger partial charge in [-0.05, 0) is 25.0 Å². The molecule has 132 valence electrons. The molecule has 0 bridgehead atoms. The van der Waals surface area contributed by atoms with Crippen LogP contribution in [0.1, 0.15) is 40.0 Å². The van der Waals surface area contributed by atoms with Crippen LogP contribution in [-0.2, 0) is 9.59 Å². The minimum absolute atomic E-state index is 0.0188. The van der Waals surface area contributed by atoms with E-state index in [0.29, 0.717) is 19.0 Å². The topological polar surface area (TPSA) is 74.3 Å². The average molecular weight is 332 g/mol. The highest BCUT2D eigenvalue weighted by Gasteiger charge is 2.24. The number of likely N-dealkylation sites (tertiary alicyclic amines) is 1. The Labute approximate surface area is 144 Å². The molecule has 0 aromatic carbocycles. The van der Waals surface area contributed by atoms with Crippen LogP contribution in [0.4, 0.5) is 5.69 Å². The van der Waals surface area contributed by atoms with E-state index >= 15 is 0 Å². The quantitative estimate of drug-likeness (QED) is 0.865. The van der Waals surface area contributed by atoms with Gasteiger partial charge in [-0.2, -0.15) is 0 Å². The van der Waals surface area contributed by atoms with Gasteiger partial charge in [-0.3, -0.25) is 14.6 Å². The van der Waals surface area contributed by atoms with Gasteiger partial charge in [0.15, 0.2) is 0 Å². The van der Waals surface area contributed by atoms with Crippen LogP contribution in [-0.4, -0.2) is 47.4 Å². The fourth-order valence-corrected chi connectivity index (χ4v) is 2.66. The van der Waals surface area contributed by atoms with E-state index in [1.807, 2.05) is 44.0 Å². The minimum atomic E-state index is -0.417. The lowest BCUT2D eigenvalue weighted by Gasteiger charge is -2.33. The van der Waals surface area contributed by atoms with E-state index in [4.69, 9.17) is 0 Å². The highest BCUT2D eigenvalue weighted by Crippen LogP contribution is 2.16. The number of hydrogen-bond acceptors (Lipinski definition) is 4. The maximum absolute atomic E-state index is 12.2. The van der Waals surface area contributed by atoms with Crippen LogP contribution < -0.4 is 10.6 Å². The Kier molecular flexibility index (Phi) is 6.17. The van der Waals surface area contributed by atoms with Gasteiger partial charge < -0.3 is 15.5 Å². The van der Waals surface area contributed by atoms with Gasteiger partial charge in [0.25, 0.3) is 0 Å². The number of aromatic nitrogens is 1. The molecule has 0 saturated carbocycles. The normalized spacial score (nSPS) is 15.9. The molecule has 6 nitrogen and oxygen atoms in total. The molecule has 1 fully saturated rings. The van der Waals surface area contributed by atoms with Crippen LogP contribution in [0.15, 0.2) is 24.5 Å². The number of nitrogens with zero attached hydrogens (tertiary/aromatic N) is 2. The van der Waals surface area contributed by atoms with Crippen LogP contribution in [0.3, 0.4) is 0 Å². The Bertz CT molecular complexity index is 546. The van der Waals surface area contributed by atoms with Crippen molar-refractivity contribution in [3.8, 4) is 0 Å². The standard InChI is InChI=1S/C18H28N4O2/c1-18(2,3)17(24)20-10-6-16(23)22-11-7-14(8-12-22)21-15-5-4-9-19-13-15/h4-5,9,13-14,21H,6-8,10-12H2,1-3H3,(H,20,24). The molecule has 2 N–H and O–H groups in total. The fourth-order valence-electron chi connectivity index (χ4n) is 2.66. The molecule has 0 spiro atoms. The first-order valence-electron chi connectivity index (χ1n) is 8.59. The van der Waals surface area contributed by atoms with Crippen molar-refractivity contribution < 1.29 is 9.59 Å². The number of nitrogens with one attached hydrogen (secondary N) is 2. The summed E-state index contributed by atoms with van der Waals surface area (Å²) in [5.41, 5.74) is 0.603. The minimum Gasteiger partial charge on any atom is -0.381 e. The second-order valence-corrected chi connectivity index (χ2v) is 7.30. The number of amides is 2. The number of rotatable bonds is 5. The van der Waals surface area contributed by atoms with E-state index in [9.17, 15) is 9.59 Å². The Hall–Kier alpha value is -2.11. The summed E-state index contributed by atoms with van der Waals surface area (Å²) in [6.07, 6.45) is 5.78. The second-order valence-electron chi connectivity index (χ2n) is 7.30. The number of hydrogen-bond donors (Lipinski definition) is 2. The monoisotopic (exact) mass is 332 g/mol. The van der Waals surface area contributed by atoms with E-state index in [1.165, 1.54) is 0 Å². The molecule has 0 atom stereocenters. The molecule has 1 aliphatic heterocycles. The zero-order chi connectivity index (χ0) is 17.6. The zero-order valence-corrected chi connectivity index (χ0v) is 14.8. The summed E-state index contributed by atoms with van der Waals surface area (Å²) in [7, 11) is 0. The van der Waals surface area contributed by atoms with Crippen LogP contribution in [0.25, 0.3) is 0 Å². The molecule has 6 heteroatoms. The first-order chi connectivity index (χ1) is 11.4. The lowest BCUT2D eigenvalue weighted by atomic mass is 9.96. The van der Waals surface area contributed by atoms with E-state index in [1.54, 1.807) is 6.20 Å². The summed E-state index contributed by atoms with van der Waals surface area (Å²) < 4.78 is 0. The highest BCUT2D eigenvalue weighted by molar-refractivity contribution is 5.82. The van der Waals surface area contributed by atoms with Crippen molar-refractivity contribution in [2.75, 3.05) is 25.0 Å². The van der Waals surface area contributed by atoms with Crippen molar-refractivity contribution in [2.45, 2.75) is 46.1 Å². The third-order valence-corrected chi connectivity index (χ3v) is 4.19. The van der Waals surface area contributed by atoms with Crippen molar-refractivity contribution in [2.24, 2.45) is 5.41 Å². The number of piperidine rings is 1. The molecular weight excluding hydrogens is 304 g/mol. The summed E-state index contributed by atoms with van der Waals surface area (Å²) in [5, 5.41) is 6.29. The Morgan fingerprint density at radius 2 is 2.00 bits per heavy atom. The molecule has 2 rings (SSSR count). The lowest BCUT2D eigenvalue weighted by Crippen LogP contribution is -2.44. The van der Waals surface area contributed by atoms with Crippen LogP contribution >= 0.6 is 0 Å².